The van der Waals surface area contributed by atoms with Crippen LogP contribution in [0.5, 0.6) is 0 Å². The molecule has 0 spiro atoms. The quantitative estimate of drug-likeness (QED) is 0.178. The predicted molar refractivity (Wildman–Crippen MR) is 211 cm³/mol. The molecule has 0 fully saturated rings. The van der Waals surface area contributed by atoms with Crippen molar-refractivity contribution in [1.29, 1.82) is 0 Å². The minimum Gasteiger partial charge on any atom is -0.309 e. The standard InChI is InChI=1S/C48H32N2/c1-3-15-33(16-4-1)37-19-7-8-20-38(37)35-27-29-36(30-28-35)49-43-25-13-10-22-40(43)47-45(49)31-32-46-48(47)41-23-11-14-26-44(41)50(46)42-24-12-9-21-39(42)34-17-5-2-6-18-34/h1-32H. The molecule has 0 saturated carbocycles. The van der Waals surface area contributed by atoms with Gasteiger partial charge in [0.15, 0.2) is 0 Å². The number of hydrogen-bond acceptors (Lipinski definition) is 0. The van der Waals surface area contributed by atoms with Crippen LogP contribution < -0.4 is 0 Å². The van der Waals surface area contributed by atoms with Crippen LogP contribution >= 0.6 is 0 Å². The highest BCUT2D eigenvalue weighted by Gasteiger charge is 2.21. The Hall–Kier alpha value is -6.64. The Labute approximate surface area is 290 Å². The molecule has 10 aromatic rings. The summed E-state index contributed by atoms with van der Waals surface area (Å²) >= 11 is 0. The van der Waals surface area contributed by atoms with Crippen LogP contribution in [0.15, 0.2) is 194 Å². The molecule has 0 atom stereocenters. The van der Waals surface area contributed by atoms with Gasteiger partial charge in [-0.05, 0) is 70.3 Å². The second-order valence-electron chi connectivity index (χ2n) is 12.9. The van der Waals surface area contributed by atoms with Crippen LogP contribution in [0.2, 0.25) is 0 Å². The lowest BCUT2D eigenvalue weighted by molar-refractivity contribution is 1.17. The van der Waals surface area contributed by atoms with Gasteiger partial charge in [-0.25, -0.2) is 0 Å². The fourth-order valence-corrected chi connectivity index (χ4v) is 7.98. The van der Waals surface area contributed by atoms with E-state index < -0.39 is 0 Å². The van der Waals surface area contributed by atoms with Gasteiger partial charge in [-0.3, -0.25) is 0 Å². The molecule has 0 unspecified atom stereocenters. The topological polar surface area (TPSA) is 9.86 Å². The second kappa shape index (κ2) is 11.5. The van der Waals surface area contributed by atoms with Gasteiger partial charge in [0.1, 0.15) is 0 Å². The highest BCUT2D eigenvalue weighted by molar-refractivity contribution is 6.29. The summed E-state index contributed by atoms with van der Waals surface area (Å²) in [5, 5.41) is 5.07. The lowest BCUT2D eigenvalue weighted by atomic mass is 9.94. The van der Waals surface area contributed by atoms with Gasteiger partial charge in [0.05, 0.1) is 27.8 Å². The Morgan fingerprint density at radius 1 is 0.260 bits per heavy atom. The predicted octanol–water partition coefficient (Wildman–Crippen LogP) is 12.9. The van der Waals surface area contributed by atoms with Gasteiger partial charge in [0.25, 0.3) is 0 Å². The third-order valence-electron chi connectivity index (χ3n) is 10.1. The van der Waals surface area contributed by atoms with Crippen LogP contribution in [0.3, 0.4) is 0 Å². The van der Waals surface area contributed by atoms with Gasteiger partial charge in [-0.2, -0.15) is 0 Å². The first-order valence-electron chi connectivity index (χ1n) is 17.2. The van der Waals surface area contributed by atoms with Gasteiger partial charge >= 0.3 is 0 Å². The van der Waals surface area contributed by atoms with Crippen LogP contribution in [0.25, 0.3) is 88.4 Å². The minimum absolute atomic E-state index is 1.15. The molecule has 0 saturated heterocycles. The van der Waals surface area contributed by atoms with Gasteiger partial charge < -0.3 is 9.13 Å². The Bertz CT molecular complexity index is 2840. The summed E-state index contributed by atoms with van der Waals surface area (Å²) in [5.41, 5.74) is 14.5. The summed E-state index contributed by atoms with van der Waals surface area (Å²) in [4.78, 5) is 0. The van der Waals surface area contributed by atoms with Crippen LogP contribution in [0.4, 0.5) is 0 Å². The van der Waals surface area contributed by atoms with Gasteiger partial charge in [-0.15, -0.1) is 0 Å². The van der Waals surface area contributed by atoms with E-state index in [-0.39, 0.29) is 0 Å². The maximum absolute atomic E-state index is 2.46. The zero-order valence-electron chi connectivity index (χ0n) is 27.4. The molecule has 2 heterocycles. The Kier molecular flexibility index (Phi) is 6.53. The molecule has 0 radical (unpaired) electrons. The van der Waals surface area contributed by atoms with Crippen molar-refractivity contribution >= 4 is 43.6 Å². The molecule has 2 heteroatoms. The summed E-state index contributed by atoms with van der Waals surface area (Å²) in [6, 6.07) is 70.2. The number of benzene rings is 8. The highest BCUT2D eigenvalue weighted by atomic mass is 15.0. The summed E-state index contributed by atoms with van der Waals surface area (Å²) in [6.07, 6.45) is 0. The molecule has 0 N–H and O–H groups in total. The first-order chi connectivity index (χ1) is 24.8. The zero-order valence-corrected chi connectivity index (χ0v) is 27.4. The largest absolute Gasteiger partial charge is 0.309 e. The van der Waals surface area contributed by atoms with Gasteiger partial charge in [0, 0.05) is 32.8 Å². The van der Waals surface area contributed by atoms with Crippen molar-refractivity contribution in [2.24, 2.45) is 0 Å². The molecule has 0 amide bonds. The number of aromatic nitrogens is 2. The van der Waals surface area contributed by atoms with Gasteiger partial charge in [0.2, 0.25) is 0 Å². The lowest BCUT2D eigenvalue weighted by Crippen LogP contribution is -1.97. The average Bonchev–Trinajstić information content (AvgIpc) is 3.71. The summed E-state index contributed by atoms with van der Waals surface area (Å²) in [7, 11) is 0. The van der Waals surface area contributed by atoms with Crippen molar-refractivity contribution in [3.05, 3.63) is 194 Å². The molecule has 0 aliphatic heterocycles. The van der Waals surface area contributed by atoms with Crippen molar-refractivity contribution in [3.63, 3.8) is 0 Å². The Balaban J connectivity index is 1.20. The molecule has 0 bridgehead atoms. The summed E-state index contributed by atoms with van der Waals surface area (Å²) in [6.45, 7) is 0. The molecule has 50 heavy (non-hydrogen) atoms. The molecule has 0 aliphatic rings. The van der Waals surface area contributed by atoms with Crippen LogP contribution in [0, 0.1) is 0 Å². The first-order valence-corrected chi connectivity index (χ1v) is 17.2. The van der Waals surface area contributed by atoms with E-state index in [2.05, 4.69) is 203 Å². The third kappa shape index (κ3) is 4.36. The average molecular weight is 637 g/mol. The fraction of sp³-hybridized carbons (Fsp3) is 0. The molecule has 0 aliphatic carbocycles. The minimum atomic E-state index is 1.15. The van der Waals surface area contributed by atoms with E-state index in [1.807, 2.05) is 0 Å². The maximum atomic E-state index is 2.46. The normalized spacial score (nSPS) is 11.6. The molecule has 2 aromatic heterocycles. The van der Waals surface area contributed by atoms with E-state index in [0.717, 1.165) is 5.69 Å². The molecular formula is C48H32N2. The monoisotopic (exact) mass is 636 g/mol. The number of rotatable bonds is 5. The molecule has 234 valence electrons. The lowest BCUT2D eigenvalue weighted by Gasteiger charge is -2.14. The van der Waals surface area contributed by atoms with Crippen LogP contribution in [-0.4, -0.2) is 9.13 Å². The maximum Gasteiger partial charge on any atom is 0.0549 e. The zero-order chi connectivity index (χ0) is 33.0. The van der Waals surface area contributed by atoms with E-state index in [1.165, 1.54) is 82.7 Å². The van der Waals surface area contributed by atoms with Crippen molar-refractivity contribution in [2.45, 2.75) is 0 Å². The smallest absolute Gasteiger partial charge is 0.0549 e. The number of hydrogen-bond donors (Lipinski definition) is 0. The SMILES string of the molecule is c1ccc(-c2ccccc2-c2ccc(-n3c4ccccc4c4c5c6ccccc6n(-c6ccccc6-c6ccccc6)c5ccc43)cc2)cc1. The van der Waals surface area contributed by atoms with E-state index in [0.29, 0.717) is 0 Å². The van der Waals surface area contributed by atoms with E-state index in [9.17, 15) is 0 Å². The highest BCUT2D eigenvalue weighted by Crippen LogP contribution is 2.43. The first kappa shape index (κ1) is 28.4. The van der Waals surface area contributed by atoms with Crippen molar-refractivity contribution in [1.82, 2.24) is 9.13 Å². The van der Waals surface area contributed by atoms with Crippen molar-refractivity contribution < 1.29 is 0 Å². The fourth-order valence-electron chi connectivity index (χ4n) is 7.98. The third-order valence-corrected chi connectivity index (χ3v) is 10.1. The number of fused-ring (bicyclic) bond motifs is 7. The Morgan fingerprint density at radius 3 is 1.28 bits per heavy atom. The second-order valence-corrected chi connectivity index (χ2v) is 12.9. The van der Waals surface area contributed by atoms with Crippen LogP contribution in [-0.2, 0) is 0 Å². The number of nitrogens with zero attached hydrogens (tertiary/aromatic N) is 2. The van der Waals surface area contributed by atoms with Gasteiger partial charge in [-0.1, -0.05) is 152 Å². The molecular weight excluding hydrogens is 605 g/mol. The van der Waals surface area contributed by atoms with E-state index >= 15 is 0 Å². The molecule has 2 nitrogen and oxygen atoms in total. The molecule has 10 rings (SSSR count). The Morgan fingerprint density at radius 2 is 0.680 bits per heavy atom. The van der Waals surface area contributed by atoms with E-state index in [1.54, 1.807) is 0 Å². The summed E-state index contributed by atoms with van der Waals surface area (Å²) in [5.74, 6) is 0. The summed E-state index contributed by atoms with van der Waals surface area (Å²) < 4.78 is 4.89. The van der Waals surface area contributed by atoms with E-state index in [4.69, 9.17) is 0 Å². The molecule has 8 aromatic carbocycles. The van der Waals surface area contributed by atoms with Crippen LogP contribution in [0.1, 0.15) is 0 Å². The number of para-hydroxylation sites is 3. The van der Waals surface area contributed by atoms with Crippen molar-refractivity contribution in [3.8, 4) is 44.8 Å². The van der Waals surface area contributed by atoms with Crippen molar-refractivity contribution in [2.75, 3.05) is 0 Å².